The van der Waals surface area contributed by atoms with Gasteiger partial charge in [0.15, 0.2) is 0 Å². The van der Waals surface area contributed by atoms with Crippen molar-refractivity contribution in [2.24, 2.45) is 0 Å². The average Bonchev–Trinajstić information content (AvgIpc) is 3.24. The largest absolute Gasteiger partial charge is 0.320 e. The zero-order chi connectivity index (χ0) is 19.8. The standard InChI is InChI=1S/C22H22N4O2/c1-14-12-15(2)26(24-14)21-7-5-4-6-19(21)23-22(28)18-8-9-20-17(13-18)10-11-25(20)16(3)27/h4-9,12-13H,10-11H2,1-3H3,(H,23,28). The van der Waals surface area contributed by atoms with Gasteiger partial charge in [-0.25, -0.2) is 4.68 Å². The molecule has 6 heteroatoms. The first-order valence-corrected chi connectivity index (χ1v) is 9.29. The second kappa shape index (κ2) is 6.96. The Hall–Kier alpha value is -3.41. The Morgan fingerprint density at radius 2 is 1.82 bits per heavy atom. The summed E-state index contributed by atoms with van der Waals surface area (Å²) in [6.45, 7) is 6.15. The summed E-state index contributed by atoms with van der Waals surface area (Å²) < 4.78 is 1.83. The maximum absolute atomic E-state index is 12.9. The van der Waals surface area contributed by atoms with Crippen LogP contribution in [0.25, 0.3) is 5.69 Å². The van der Waals surface area contributed by atoms with E-state index in [1.807, 2.05) is 61.0 Å². The summed E-state index contributed by atoms with van der Waals surface area (Å²) in [5.41, 5.74) is 5.94. The van der Waals surface area contributed by atoms with E-state index in [4.69, 9.17) is 0 Å². The number of benzene rings is 2. The number of aryl methyl sites for hydroxylation is 2. The van der Waals surface area contributed by atoms with Crippen molar-refractivity contribution in [2.75, 3.05) is 16.8 Å². The minimum atomic E-state index is -0.182. The summed E-state index contributed by atoms with van der Waals surface area (Å²) in [6.07, 6.45) is 0.762. The zero-order valence-corrected chi connectivity index (χ0v) is 16.2. The first-order valence-electron chi connectivity index (χ1n) is 9.29. The molecule has 0 fully saturated rings. The number of carbonyl (C=O) groups excluding carboxylic acids is 2. The van der Waals surface area contributed by atoms with Crippen molar-refractivity contribution >= 4 is 23.2 Å². The number of hydrogen-bond donors (Lipinski definition) is 1. The van der Waals surface area contributed by atoms with Gasteiger partial charge >= 0.3 is 0 Å². The molecule has 1 aliphatic heterocycles. The Bertz CT molecular complexity index is 1080. The van der Waals surface area contributed by atoms with Crippen LogP contribution in [0.1, 0.15) is 34.2 Å². The monoisotopic (exact) mass is 374 g/mol. The molecule has 142 valence electrons. The molecule has 0 spiro atoms. The summed E-state index contributed by atoms with van der Waals surface area (Å²) in [7, 11) is 0. The molecule has 0 aliphatic carbocycles. The number of rotatable bonds is 3. The number of nitrogens with one attached hydrogen (secondary N) is 1. The van der Waals surface area contributed by atoms with Gasteiger partial charge in [-0.15, -0.1) is 0 Å². The highest BCUT2D eigenvalue weighted by molar-refractivity contribution is 6.06. The molecular formula is C22H22N4O2. The third-order valence-corrected chi connectivity index (χ3v) is 5.01. The molecule has 0 saturated carbocycles. The van der Waals surface area contributed by atoms with E-state index in [2.05, 4.69) is 10.4 Å². The predicted octanol–water partition coefficient (Wildman–Crippen LogP) is 3.65. The average molecular weight is 374 g/mol. The van der Waals surface area contributed by atoms with E-state index >= 15 is 0 Å². The van der Waals surface area contributed by atoms with Crippen LogP contribution in [0, 0.1) is 13.8 Å². The highest BCUT2D eigenvalue weighted by atomic mass is 16.2. The Kier molecular flexibility index (Phi) is 4.47. The van der Waals surface area contributed by atoms with Gasteiger partial charge in [0.25, 0.3) is 5.91 Å². The van der Waals surface area contributed by atoms with Crippen LogP contribution in [-0.4, -0.2) is 28.1 Å². The van der Waals surface area contributed by atoms with Crippen molar-refractivity contribution in [3.8, 4) is 5.69 Å². The topological polar surface area (TPSA) is 67.2 Å². The number of para-hydroxylation sites is 2. The summed E-state index contributed by atoms with van der Waals surface area (Å²) >= 11 is 0. The van der Waals surface area contributed by atoms with Crippen molar-refractivity contribution < 1.29 is 9.59 Å². The van der Waals surface area contributed by atoms with Crippen molar-refractivity contribution in [3.05, 3.63) is 71.0 Å². The fraction of sp³-hybridized carbons (Fsp3) is 0.227. The molecule has 1 aromatic heterocycles. The highest BCUT2D eigenvalue weighted by Crippen LogP contribution is 2.29. The quantitative estimate of drug-likeness (QED) is 0.761. The lowest BCUT2D eigenvalue weighted by atomic mass is 10.1. The Morgan fingerprint density at radius 3 is 2.54 bits per heavy atom. The molecule has 1 aliphatic rings. The molecule has 0 atom stereocenters. The lowest BCUT2D eigenvalue weighted by Gasteiger charge is -2.15. The maximum Gasteiger partial charge on any atom is 0.255 e. The van der Waals surface area contributed by atoms with Crippen LogP contribution in [-0.2, 0) is 11.2 Å². The number of nitrogens with zero attached hydrogens (tertiary/aromatic N) is 3. The molecule has 0 unspecified atom stereocenters. The molecule has 2 heterocycles. The van der Waals surface area contributed by atoms with Gasteiger partial charge in [-0.05, 0) is 62.2 Å². The third kappa shape index (κ3) is 3.17. The van der Waals surface area contributed by atoms with Crippen molar-refractivity contribution in [1.29, 1.82) is 0 Å². The number of amides is 2. The first-order chi connectivity index (χ1) is 13.4. The van der Waals surface area contributed by atoms with Crippen LogP contribution < -0.4 is 10.2 Å². The Balaban J connectivity index is 1.62. The Morgan fingerprint density at radius 1 is 1.04 bits per heavy atom. The molecule has 1 N–H and O–H groups in total. The summed E-state index contributed by atoms with van der Waals surface area (Å²) in [6, 6.07) is 15.1. The van der Waals surface area contributed by atoms with Crippen LogP contribution in [0.2, 0.25) is 0 Å². The van der Waals surface area contributed by atoms with E-state index in [-0.39, 0.29) is 11.8 Å². The van der Waals surface area contributed by atoms with Gasteiger partial charge in [0.05, 0.1) is 17.1 Å². The smallest absolute Gasteiger partial charge is 0.255 e. The molecule has 2 amide bonds. The summed E-state index contributed by atoms with van der Waals surface area (Å²) in [5, 5.41) is 7.53. The van der Waals surface area contributed by atoms with Crippen LogP contribution in [0.5, 0.6) is 0 Å². The van der Waals surface area contributed by atoms with Gasteiger partial charge in [-0.3, -0.25) is 9.59 Å². The van der Waals surface area contributed by atoms with Gasteiger partial charge in [-0.2, -0.15) is 5.10 Å². The molecule has 4 rings (SSSR count). The van der Waals surface area contributed by atoms with Crippen LogP contribution in [0.15, 0.2) is 48.5 Å². The van der Waals surface area contributed by atoms with Gasteiger partial charge in [0, 0.05) is 30.4 Å². The highest BCUT2D eigenvalue weighted by Gasteiger charge is 2.23. The van der Waals surface area contributed by atoms with Crippen molar-refractivity contribution in [3.63, 3.8) is 0 Å². The van der Waals surface area contributed by atoms with Crippen LogP contribution >= 0.6 is 0 Å². The maximum atomic E-state index is 12.9. The number of carbonyl (C=O) groups is 2. The summed E-state index contributed by atoms with van der Waals surface area (Å²) in [4.78, 5) is 26.3. The number of hydrogen-bond acceptors (Lipinski definition) is 3. The predicted molar refractivity (Wildman–Crippen MR) is 109 cm³/mol. The number of fused-ring (bicyclic) bond motifs is 1. The summed E-state index contributed by atoms with van der Waals surface area (Å²) in [5.74, 6) is -0.159. The van der Waals surface area contributed by atoms with E-state index in [1.165, 1.54) is 0 Å². The van der Waals surface area contributed by atoms with Crippen molar-refractivity contribution in [1.82, 2.24) is 9.78 Å². The second-order valence-corrected chi connectivity index (χ2v) is 7.07. The van der Waals surface area contributed by atoms with Crippen LogP contribution in [0.3, 0.4) is 0 Å². The zero-order valence-electron chi connectivity index (χ0n) is 16.2. The minimum Gasteiger partial charge on any atom is -0.320 e. The van der Waals surface area contributed by atoms with Gasteiger partial charge < -0.3 is 10.2 Å². The van der Waals surface area contributed by atoms with E-state index in [1.54, 1.807) is 17.9 Å². The SMILES string of the molecule is CC(=O)N1CCc2cc(C(=O)Nc3ccccc3-n3nc(C)cc3C)ccc21. The molecular weight excluding hydrogens is 352 g/mol. The number of aromatic nitrogens is 2. The molecule has 0 saturated heterocycles. The van der Waals surface area contributed by atoms with E-state index in [0.29, 0.717) is 17.8 Å². The number of anilines is 2. The van der Waals surface area contributed by atoms with E-state index in [9.17, 15) is 9.59 Å². The minimum absolute atomic E-state index is 0.0229. The molecule has 2 aromatic carbocycles. The molecule has 6 nitrogen and oxygen atoms in total. The van der Waals surface area contributed by atoms with E-state index in [0.717, 1.165) is 34.7 Å². The van der Waals surface area contributed by atoms with E-state index < -0.39 is 0 Å². The fourth-order valence-corrected chi connectivity index (χ4v) is 3.70. The third-order valence-electron chi connectivity index (χ3n) is 5.01. The second-order valence-electron chi connectivity index (χ2n) is 7.07. The Labute approximate surface area is 163 Å². The molecule has 28 heavy (non-hydrogen) atoms. The van der Waals surface area contributed by atoms with Gasteiger partial charge in [0.2, 0.25) is 5.91 Å². The van der Waals surface area contributed by atoms with Crippen molar-refractivity contribution in [2.45, 2.75) is 27.2 Å². The lowest BCUT2D eigenvalue weighted by Crippen LogP contribution is -2.25. The lowest BCUT2D eigenvalue weighted by molar-refractivity contribution is -0.116. The van der Waals surface area contributed by atoms with Crippen LogP contribution in [0.4, 0.5) is 11.4 Å². The first kappa shape index (κ1) is 18.0. The van der Waals surface area contributed by atoms with Gasteiger partial charge in [0.1, 0.15) is 0 Å². The normalized spacial score (nSPS) is 12.8. The van der Waals surface area contributed by atoms with Gasteiger partial charge in [-0.1, -0.05) is 12.1 Å². The molecule has 0 bridgehead atoms. The molecule has 3 aromatic rings. The molecule has 0 radical (unpaired) electrons. The fourth-order valence-electron chi connectivity index (χ4n) is 3.70.